The molecule has 0 rings (SSSR count). The molecule has 0 bridgehead atoms. The third kappa shape index (κ3) is 9.39. The molecule has 0 spiro atoms. The fourth-order valence-electron chi connectivity index (χ4n) is 1.81. The minimum atomic E-state index is -1.43. The Balaban J connectivity index is 4.93. The number of aliphatic hydroxyl groups excluding tert-OH is 1. The first-order valence-electron chi connectivity index (χ1n) is 7.62. The number of carbonyl (C=O) groups excluding carboxylic acids is 3. The molecule has 0 radical (unpaired) electrons. The minimum absolute atomic E-state index is 0.00520. The number of nitrogens with two attached hydrogens (primary N) is 4. The van der Waals surface area contributed by atoms with E-state index in [-0.39, 0.29) is 25.3 Å². The summed E-state index contributed by atoms with van der Waals surface area (Å²) >= 11 is 0. The lowest BCUT2D eigenvalue weighted by Gasteiger charge is -2.21. The fourth-order valence-corrected chi connectivity index (χ4v) is 1.81. The predicted octanol–water partition coefficient (Wildman–Crippen LogP) is -4.71. The monoisotopic (exact) mass is 375 g/mol. The molecule has 3 amide bonds. The number of hydrogen-bond donors (Lipinski definition) is 8. The molecule has 0 aromatic rings. The van der Waals surface area contributed by atoms with E-state index in [0.29, 0.717) is 0 Å². The number of nitrogens with zero attached hydrogens (tertiary/aromatic N) is 1. The Morgan fingerprint density at radius 1 is 1.00 bits per heavy atom. The number of hydrogen-bond acceptors (Lipinski definition) is 7. The molecule has 0 saturated carbocycles. The molecule has 0 aromatic heterocycles. The first kappa shape index (κ1) is 23.1. The Morgan fingerprint density at radius 2 is 1.58 bits per heavy atom. The molecular weight excluding hydrogens is 350 g/mol. The van der Waals surface area contributed by atoms with Crippen LogP contribution in [0.5, 0.6) is 0 Å². The summed E-state index contributed by atoms with van der Waals surface area (Å²) in [7, 11) is 0. The number of aliphatic imine (C=N–C) groups is 1. The van der Waals surface area contributed by atoms with Crippen LogP contribution in [-0.4, -0.2) is 71.1 Å². The molecule has 13 heteroatoms. The zero-order chi connectivity index (χ0) is 20.3. The summed E-state index contributed by atoms with van der Waals surface area (Å²) in [6.07, 6.45) is -0.307. The van der Waals surface area contributed by atoms with Crippen LogP contribution in [-0.2, 0) is 19.2 Å². The summed E-state index contributed by atoms with van der Waals surface area (Å²) in [6.45, 7) is -0.520. The van der Waals surface area contributed by atoms with Crippen molar-refractivity contribution in [2.75, 3.05) is 13.2 Å². The minimum Gasteiger partial charge on any atom is -0.480 e. The highest BCUT2D eigenvalue weighted by Crippen LogP contribution is 2.01. The van der Waals surface area contributed by atoms with Crippen LogP contribution >= 0.6 is 0 Å². The lowest BCUT2D eigenvalue weighted by molar-refractivity contribution is -0.142. The van der Waals surface area contributed by atoms with Gasteiger partial charge in [0.2, 0.25) is 17.7 Å². The second kappa shape index (κ2) is 11.6. The molecule has 0 aliphatic carbocycles. The van der Waals surface area contributed by atoms with E-state index >= 15 is 0 Å². The molecule has 26 heavy (non-hydrogen) atoms. The molecule has 0 saturated heterocycles. The molecule has 3 atom stereocenters. The van der Waals surface area contributed by atoms with Crippen molar-refractivity contribution in [2.45, 2.75) is 37.4 Å². The highest BCUT2D eigenvalue weighted by atomic mass is 16.4. The van der Waals surface area contributed by atoms with Crippen molar-refractivity contribution in [3.8, 4) is 0 Å². The number of rotatable bonds is 12. The lowest BCUT2D eigenvalue weighted by atomic mass is 10.1. The Morgan fingerprint density at radius 3 is 2.04 bits per heavy atom. The van der Waals surface area contributed by atoms with Crippen LogP contribution in [0.15, 0.2) is 4.99 Å². The van der Waals surface area contributed by atoms with Gasteiger partial charge in [-0.15, -0.1) is 0 Å². The van der Waals surface area contributed by atoms with Gasteiger partial charge in [0.25, 0.3) is 0 Å². The van der Waals surface area contributed by atoms with E-state index < -0.39 is 54.8 Å². The lowest BCUT2D eigenvalue weighted by Crippen LogP contribution is -2.56. The predicted molar refractivity (Wildman–Crippen MR) is 90.3 cm³/mol. The second-order valence-electron chi connectivity index (χ2n) is 5.37. The number of nitrogens with one attached hydrogen (secondary N) is 2. The quantitative estimate of drug-likeness (QED) is 0.0924. The van der Waals surface area contributed by atoms with Gasteiger partial charge in [-0.1, -0.05) is 0 Å². The van der Waals surface area contributed by atoms with Crippen LogP contribution in [0.25, 0.3) is 0 Å². The Hall–Kier alpha value is -2.93. The number of carboxylic acid groups (broad SMARTS) is 1. The maximum absolute atomic E-state index is 12.2. The van der Waals surface area contributed by atoms with Crippen LogP contribution in [0.3, 0.4) is 0 Å². The average molecular weight is 375 g/mol. The summed E-state index contributed by atoms with van der Waals surface area (Å²) in [5.74, 6) is -4.20. The van der Waals surface area contributed by atoms with Crippen molar-refractivity contribution >= 4 is 29.7 Å². The van der Waals surface area contributed by atoms with Crippen LogP contribution in [0.4, 0.5) is 0 Å². The second-order valence-corrected chi connectivity index (χ2v) is 5.37. The zero-order valence-electron chi connectivity index (χ0n) is 14.1. The van der Waals surface area contributed by atoms with Gasteiger partial charge in [-0.3, -0.25) is 19.4 Å². The van der Waals surface area contributed by atoms with E-state index in [0.717, 1.165) is 0 Å². The molecule has 0 heterocycles. The van der Waals surface area contributed by atoms with Crippen molar-refractivity contribution in [3.63, 3.8) is 0 Å². The summed E-state index contributed by atoms with van der Waals surface area (Å²) < 4.78 is 0. The Kier molecular flexibility index (Phi) is 10.3. The Labute approximate surface area is 149 Å². The molecule has 12 N–H and O–H groups in total. The van der Waals surface area contributed by atoms with Crippen molar-refractivity contribution in [1.29, 1.82) is 0 Å². The highest BCUT2D eigenvalue weighted by Gasteiger charge is 2.28. The number of amides is 3. The van der Waals surface area contributed by atoms with Gasteiger partial charge >= 0.3 is 5.97 Å². The zero-order valence-corrected chi connectivity index (χ0v) is 14.1. The number of aliphatic carboxylic acids is 1. The number of carbonyl (C=O) groups is 4. The summed E-state index contributed by atoms with van der Waals surface area (Å²) in [5, 5.41) is 22.3. The standard InChI is InChI=1S/C13H25N7O6/c14-6(5-21)10(23)20-8(4-9(15)22)11(24)19-7(12(25)26)2-1-3-18-13(16)17/h6-8,21H,1-5,14H2,(H2,15,22)(H,19,24)(H,20,23)(H,25,26)(H4,16,17,18). The molecule has 0 aromatic carbocycles. The van der Waals surface area contributed by atoms with Crippen LogP contribution < -0.4 is 33.6 Å². The number of guanidine groups is 1. The SMILES string of the molecule is NC(=O)CC(NC(=O)C(N)CO)C(=O)NC(CCCN=C(N)N)C(=O)O. The van der Waals surface area contributed by atoms with Gasteiger partial charge < -0.3 is 43.8 Å². The van der Waals surface area contributed by atoms with Gasteiger partial charge in [-0.25, -0.2) is 4.79 Å². The summed E-state index contributed by atoms with van der Waals surface area (Å²) in [5.41, 5.74) is 20.6. The molecule has 0 fully saturated rings. The normalized spacial score (nSPS) is 13.8. The van der Waals surface area contributed by atoms with E-state index in [1.165, 1.54) is 0 Å². The van der Waals surface area contributed by atoms with E-state index in [4.69, 9.17) is 28.0 Å². The van der Waals surface area contributed by atoms with Crippen molar-refractivity contribution < 1.29 is 29.4 Å². The van der Waals surface area contributed by atoms with E-state index in [9.17, 15) is 24.3 Å². The average Bonchev–Trinajstić information content (AvgIpc) is 2.54. The van der Waals surface area contributed by atoms with E-state index in [1.807, 2.05) is 0 Å². The van der Waals surface area contributed by atoms with Crippen LogP contribution in [0, 0.1) is 0 Å². The first-order chi connectivity index (χ1) is 12.1. The third-order valence-electron chi connectivity index (χ3n) is 3.13. The van der Waals surface area contributed by atoms with E-state index in [1.54, 1.807) is 0 Å². The van der Waals surface area contributed by atoms with Crippen LogP contribution in [0.1, 0.15) is 19.3 Å². The maximum atomic E-state index is 12.2. The van der Waals surface area contributed by atoms with Crippen LogP contribution in [0.2, 0.25) is 0 Å². The molecule has 148 valence electrons. The first-order valence-corrected chi connectivity index (χ1v) is 7.62. The summed E-state index contributed by atoms with van der Waals surface area (Å²) in [6, 6.07) is -4.04. The van der Waals surface area contributed by atoms with Crippen molar-refractivity contribution in [1.82, 2.24) is 10.6 Å². The van der Waals surface area contributed by atoms with Gasteiger partial charge in [0, 0.05) is 6.54 Å². The van der Waals surface area contributed by atoms with Gasteiger partial charge in [0.05, 0.1) is 13.0 Å². The topological polar surface area (TPSA) is 249 Å². The molecule has 0 aliphatic rings. The number of aliphatic hydroxyl groups is 1. The Bertz CT molecular complexity index is 549. The molecule has 0 aliphatic heterocycles. The van der Waals surface area contributed by atoms with Gasteiger partial charge in [0.1, 0.15) is 18.1 Å². The fraction of sp³-hybridized carbons (Fsp3) is 0.615. The van der Waals surface area contributed by atoms with Crippen molar-refractivity contribution in [2.24, 2.45) is 27.9 Å². The van der Waals surface area contributed by atoms with Gasteiger partial charge in [-0.2, -0.15) is 0 Å². The van der Waals surface area contributed by atoms with Gasteiger partial charge in [0.15, 0.2) is 5.96 Å². The summed E-state index contributed by atoms with van der Waals surface area (Å²) in [4.78, 5) is 49.9. The number of carboxylic acids is 1. The number of primary amides is 1. The molecule has 13 nitrogen and oxygen atoms in total. The molecular formula is C13H25N7O6. The van der Waals surface area contributed by atoms with Crippen molar-refractivity contribution in [3.05, 3.63) is 0 Å². The van der Waals surface area contributed by atoms with E-state index in [2.05, 4.69) is 15.6 Å². The smallest absolute Gasteiger partial charge is 0.326 e. The largest absolute Gasteiger partial charge is 0.480 e. The van der Waals surface area contributed by atoms with Gasteiger partial charge in [-0.05, 0) is 12.8 Å². The maximum Gasteiger partial charge on any atom is 0.326 e. The third-order valence-corrected chi connectivity index (χ3v) is 3.13. The highest BCUT2D eigenvalue weighted by molar-refractivity contribution is 5.94. The molecule has 3 unspecified atom stereocenters.